The van der Waals surface area contributed by atoms with Gasteiger partial charge in [0.15, 0.2) is 0 Å². The van der Waals surface area contributed by atoms with E-state index in [0.29, 0.717) is 24.3 Å². The summed E-state index contributed by atoms with van der Waals surface area (Å²) >= 11 is 0. The summed E-state index contributed by atoms with van der Waals surface area (Å²) < 4.78 is 10.5. The van der Waals surface area contributed by atoms with Crippen LogP contribution in [0.25, 0.3) is 0 Å². The van der Waals surface area contributed by atoms with Crippen LogP contribution in [0.1, 0.15) is 26.7 Å². The summed E-state index contributed by atoms with van der Waals surface area (Å²) in [5.41, 5.74) is -0.854. The van der Waals surface area contributed by atoms with Gasteiger partial charge in [0, 0.05) is 0 Å². The van der Waals surface area contributed by atoms with Crippen LogP contribution in [0.2, 0.25) is 0 Å². The largest absolute Gasteiger partial charge is 0.497 e. The monoisotopic (exact) mass is 336 g/mol. The highest BCUT2D eigenvalue weighted by Gasteiger charge is 2.48. The number of aliphatic hydroxyl groups is 1. The Labute approximate surface area is 141 Å². The maximum atomic E-state index is 12.5. The van der Waals surface area contributed by atoms with E-state index in [1.807, 2.05) is 13.8 Å². The van der Waals surface area contributed by atoms with Crippen molar-refractivity contribution in [2.45, 2.75) is 38.3 Å². The maximum absolute atomic E-state index is 12.5. The minimum absolute atomic E-state index is 0.0192. The van der Waals surface area contributed by atoms with E-state index in [1.165, 1.54) is 0 Å². The maximum Gasteiger partial charge on any atom is 0.325 e. The predicted molar refractivity (Wildman–Crippen MR) is 88.1 cm³/mol. The van der Waals surface area contributed by atoms with Crippen molar-refractivity contribution in [3.05, 3.63) is 24.3 Å². The van der Waals surface area contributed by atoms with Gasteiger partial charge in [-0.15, -0.1) is 0 Å². The first-order valence-corrected chi connectivity index (χ1v) is 8.04. The molecule has 1 aliphatic heterocycles. The Morgan fingerprint density at radius 3 is 2.25 bits per heavy atom. The number of hydrogen-bond acceptors (Lipinski definition) is 5. The van der Waals surface area contributed by atoms with Crippen LogP contribution in [-0.4, -0.2) is 53.8 Å². The summed E-state index contributed by atoms with van der Waals surface area (Å²) in [6.45, 7) is 3.60. The quantitative estimate of drug-likeness (QED) is 0.703. The fraction of sp³-hybridized carbons (Fsp3) is 0.529. The lowest BCUT2D eigenvalue weighted by molar-refractivity contribution is -0.132. The Morgan fingerprint density at radius 1 is 1.17 bits per heavy atom. The van der Waals surface area contributed by atoms with E-state index in [0.717, 1.165) is 4.90 Å². The molecule has 0 saturated carbocycles. The second kappa shape index (κ2) is 7.53. The summed E-state index contributed by atoms with van der Waals surface area (Å²) in [7, 11) is 1.57. The van der Waals surface area contributed by atoms with E-state index in [4.69, 9.17) is 9.47 Å². The number of aliphatic hydroxyl groups excluding tert-OH is 1. The third-order valence-corrected chi connectivity index (χ3v) is 4.35. The Kier molecular flexibility index (Phi) is 5.66. The number of imide groups is 1. The first-order chi connectivity index (χ1) is 11.5. The van der Waals surface area contributed by atoms with Gasteiger partial charge in [-0.05, 0) is 37.1 Å². The molecule has 1 heterocycles. The minimum atomic E-state index is -0.966. The van der Waals surface area contributed by atoms with Crippen LogP contribution in [0.3, 0.4) is 0 Å². The fourth-order valence-electron chi connectivity index (χ4n) is 2.70. The van der Waals surface area contributed by atoms with E-state index in [1.54, 1.807) is 31.4 Å². The molecule has 2 N–H and O–H groups in total. The van der Waals surface area contributed by atoms with Crippen LogP contribution < -0.4 is 14.8 Å². The molecule has 132 valence electrons. The number of carbonyl (C=O) groups excluding carboxylic acids is 2. The number of ether oxygens (including phenoxy) is 2. The molecule has 0 radical (unpaired) electrons. The molecule has 1 unspecified atom stereocenters. The molecule has 3 amide bonds. The van der Waals surface area contributed by atoms with Crippen molar-refractivity contribution in [3.8, 4) is 11.5 Å². The van der Waals surface area contributed by atoms with Gasteiger partial charge >= 0.3 is 6.03 Å². The Bertz CT molecular complexity index is 583. The van der Waals surface area contributed by atoms with E-state index in [9.17, 15) is 14.7 Å². The molecule has 0 aliphatic carbocycles. The number of carbonyl (C=O) groups is 2. The van der Waals surface area contributed by atoms with Gasteiger partial charge in [0.05, 0.1) is 13.7 Å². The first kappa shape index (κ1) is 18.1. The highest BCUT2D eigenvalue weighted by Crippen LogP contribution is 2.25. The zero-order valence-corrected chi connectivity index (χ0v) is 14.2. The summed E-state index contributed by atoms with van der Waals surface area (Å²) in [6.07, 6.45) is 0.0674. The minimum Gasteiger partial charge on any atom is -0.497 e. The average molecular weight is 336 g/mol. The number of β-amino-alcohol motifs (C(OH)–C–C–N with tert-alkyl or cyclic N) is 1. The van der Waals surface area contributed by atoms with E-state index >= 15 is 0 Å². The number of nitrogens with zero attached hydrogens (tertiary/aromatic N) is 1. The molecule has 7 nitrogen and oxygen atoms in total. The van der Waals surface area contributed by atoms with Crippen molar-refractivity contribution >= 4 is 11.9 Å². The fourth-order valence-corrected chi connectivity index (χ4v) is 2.70. The van der Waals surface area contributed by atoms with Gasteiger partial charge < -0.3 is 19.9 Å². The number of rotatable bonds is 8. The van der Waals surface area contributed by atoms with E-state index in [-0.39, 0.29) is 19.1 Å². The zero-order valence-electron chi connectivity index (χ0n) is 14.2. The van der Waals surface area contributed by atoms with Gasteiger partial charge in [0.25, 0.3) is 5.91 Å². The van der Waals surface area contributed by atoms with E-state index in [2.05, 4.69) is 5.32 Å². The summed E-state index contributed by atoms with van der Waals surface area (Å²) in [6, 6.07) is 6.47. The average Bonchev–Trinajstić information content (AvgIpc) is 2.85. The second-order valence-corrected chi connectivity index (χ2v) is 5.78. The van der Waals surface area contributed by atoms with Crippen LogP contribution in [-0.2, 0) is 4.79 Å². The third-order valence-electron chi connectivity index (χ3n) is 4.35. The van der Waals surface area contributed by atoms with Crippen LogP contribution in [0, 0.1) is 0 Å². The van der Waals surface area contributed by atoms with Gasteiger partial charge in [-0.2, -0.15) is 0 Å². The summed E-state index contributed by atoms with van der Waals surface area (Å²) in [5.74, 6) is 0.988. The molecule has 1 saturated heterocycles. The summed E-state index contributed by atoms with van der Waals surface area (Å²) in [4.78, 5) is 25.5. The topological polar surface area (TPSA) is 88.1 Å². The molecule has 1 aliphatic rings. The molecule has 1 aromatic carbocycles. The number of nitrogens with one attached hydrogen (secondary N) is 1. The van der Waals surface area contributed by atoms with E-state index < -0.39 is 17.7 Å². The standard InChI is InChI=1S/C17H24N2O5/c1-4-17(5-2)15(21)19(16(22)18-17)10-12(20)11-24-14-8-6-13(23-3)7-9-14/h6-9,12,20H,4-5,10-11H2,1-3H3,(H,18,22). The van der Waals surface area contributed by atoms with Gasteiger partial charge in [-0.1, -0.05) is 13.8 Å². The first-order valence-electron chi connectivity index (χ1n) is 8.04. The van der Waals surface area contributed by atoms with Gasteiger partial charge in [-0.3, -0.25) is 9.69 Å². The molecule has 2 rings (SSSR count). The highest BCUT2D eigenvalue weighted by molar-refractivity contribution is 6.07. The molecular weight excluding hydrogens is 312 g/mol. The molecule has 7 heteroatoms. The van der Waals surface area contributed by atoms with Crippen LogP contribution in [0.15, 0.2) is 24.3 Å². The molecule has 24 heavy (non-hydrogen) atoms. The number of methoxy groups -OCH3 is 1. The van der Waals surface area contributed by atoms with Crippen molar-refractivity contribution in [1.29, 1.82) is 0 Å². The van der Waals surface area contributed by atoms with Crippen LogP contribution >= 0.6 is 0 Å². The lowest BCUT2D eigenvalue weighted by atomic mass is 9.93. The Hall–Kier alpha value is -2.28. The number of urea groups is 1. The number of benzene rings is 1. The smallest absolute Gasteiger partial charge is 0.325 e. The number of hydrogen-bond donors (Lipinski definition) is 2. The van der Waals surface area contributed by atoms with Gasteiger partial charge in [0.1, 0.15) is 29.7 Å². The molecule has 0 aromatic heterocycles. The van der Waals surface area contributed by atoms with Gasteiger partial charge in [-0.25, -0.2) is 4.79 Å². The SMILES string of the molecule is CCC1(CC)NC(=O)N(CC(O)COc2ccc(OC)cc2)C1=O. The lowest BCUT2D eigenvalue weighted by Gasteiger charge is -2.23. The van der Waals surface area contributed by atoms with Crippen molar-refractivity contribution < 1.29 is 24.2 Å². The Balaban J connectivity index is 1.90. The highest BCUT2D eigenvalue weighted by atomic mass is 16.5. The molecule has 0 spiro atoms. The number of amides is 3. The molecule has 1 aromatic rings. The van der Waals surface area contributed by atoms with Crippen molar-refractivity contribution in [3.63, 3.8) is 0 Å². The van der Waals surface area contributed by atoms with Crippen molar-refractivity contribution in [2.24, 2.45) is 0 Å². The third kappa shape index (κ3) is 3.62. The summed E-state index contributed by atoms with van der Waals surface area (Å²) in [5, 5.41) is 12.8. The molecule has 0 bridgehead atoms. The van der Waals surface area contributed by atoms with Crippen LogP contribution in [0.5, 0.6) is 11.5 Å². The zero-order chi connectivity index (χ0) is 17.7. The molecule has 1 atom stereocenters. The second-order valence-electron chi connectivity index (χ2n) is 5.78. The van der Waals surface area contributed by atoms with Crippen molar-refractivity contribution in [1.82, 2.24) is 10.2 Å². The van der Waals surface area contributed by atoms with Crippen LogP contribution in [0.4, 0.5) is 4.79 Å². The van der Waals surface area contributed by atoms with Gasteiger partial charge in [0.2, 0.25) is 0 Å². The normalized spacial score (nSPS) is 17.6. The molecular formula is C17H24N2O5. The van der Waals surface area contributed by atoms with Crippen molar-refractivity contribution in [2.75, 3.05) is 20.3 Å². The lowest BCUT2D eigenvalue weighted by Crippen LogP contribution is -2.46. The predicted octanol–water partition coefficient (Wildman–Crippen LogP) is 1.55. The Morgan fingerprint density at radius 2 is 1.75 bits per heavy atom. The molecule has 1 fully saturated rings.